The molecule has 0 amide bonds. The Bertz CT molecular complexity index is 561. The van der Waals surface area contributed by atoms with Gasteiger partial charge in [0.25, 0.3) is 0 Å². The van der Waals surface area contributed by atoms with Gasteiger partial charge in [0.05, 0.1) is 31.1 Å². The maximum Gasteiger partial charge on any atom is 0.223 e. The first-order valence-electron chi connectivity index (χ1n) is 6.24. The first-order valence-corrected chi connectivity index (χ1v) is 6.62. The van der Waals surface area contributed by atoms with Crippen molar-refractivity contribution < 1.29 is 9.47 Å². The van der Waals surface area contributed by atoms with E-state index in [2.05, 4.69) is 15.3 Å². The van der Waals surface area contributed by atoms with Gasteiger partial charge < -0.3 is 14.8 Å². The van der Waals surface area contributed by atoms with Crippen LogP contribution in [0, 0.1) is 0 Å². The third-order valence-corrected chi connectivity index (χ3v) is 2.94. The van der Waals surface area contributed by atoms with Crippen molar-refractivity contribution in [3.8, 4) is 11.5 Å². The van der Waals surface area contributed by atoms with Crippen LogP contribution >= 0.6 is 11.6 Å². The van der Waals surface area contributed by atoms with Gasteiger partial charge in [-0.25, -0.2) is 9.97 Å². The van der Waals surface area contributed by atoms with Gasteiger partial charge in [0.15, 0.2) is 5.75 Å². The van der Waals surface area contributed by atoms with Crippen LogP contribution in [0.15, 0.2) is 30.6 Å². The molecule has 1 aromatic heterocycles. The van der Waals surface area contributed by atoms with Gasteiger partial charge in [-0.15, -0.1) is 0 Å². The fourth-order valence-electron chi connectivity index (χ4n) is 1.69. The van der Waals surface area contributed by atoms with Crippen LogP contribution in [0.3, 0.4) is 0 Å². The molecule has 106 valence electrons. The number of ether oxygens (including phenoxy) is 2. The molecule has 2 rings (SSSR count). The number of methoxy groups -OCH3 is 1. The highest BCUT2D eigenvalue weighted by molar-refractivity contribution is 6.32. The van der Waals surface area contributed by atoms with Crippen LogP contribution in [0.5, 0.6) is 11.5 Å². The molecule has 0 aliphatic carbocycles. The van der Waals surface area contributed by atoms with E-state index in [9.17, 15) is 0 Å². The minimum Gasteiger partial charge on any atom is -0.494 e. The fourth-order valence-corrected chi connectivity index (χ4v) is 1.93. The monoisotopic (exact) mass is 293 g/mol. The Morgan fingerprint density at radius 2 is 2.00 bits per heavy atom. The van der Waals surface area contributed by atoms with Gasteiger partial charge in [0, 0.05) is 12.1 Å². The summed E-state index contributed by atoms with van der Waals surface area (Å²) in [5.74, 6) is 1.83. The fraction of sp³-hybridized carbons (Fsp3) is 0.286. The lowest BCUT2D eigenvalue weighted by Crippen LogP contribution is -2.06. The molecule has 0 bridgehead atoms. The van der Waals surface area contributed by atoms with E-state index in [0.717, 1.165) is 5.56 Å². The van der Waals surface area contributed by atoms with Crippen LogP contribution in [0.1, 0.15) is 12.5 Å². The lowest BCUT2D eigenvalue weighted by molar-refractivity contribution is 0.337. The number of aromatic nitrogens is 2. The molecular weight excluding hydrogens is 278 g/mol. The molecule has 0 spiro atoms. The summed E-state index contributed by atoms with van der Waals surface area (Å²) in [7, 11) is 1.58. The number of nitrogens with one attached hydrogen (secondary N) is 1. The molecule has 0 aliphatic heterocycles. The van der Waals surface area contributed by atoms with Crippen molar-refractivity contribution in [1.29, 1.82) is 0 Å². The maximum atomic E-state index is 6.13. The van der Waals surface area contributed by atoms with E-state index >= 15 is 0 Å². The lowest BCUT2D eigenvalue weighted by atomic mass is 10.2. The summed E-state index contributed by atoms with van der Waals surface area (Å²) < 4.78 is 10.6. The number of para-hydroxylation sites is 1. The average molecular weight is 294 g/mol. The van der Waals surface area contributed by atoms with Crippen LogP contribution in [-0.2, 0) is 6.54 Å². The average Bonchev–Trinajstić information content (AvgIpc) is 2.48. The zero-order chi connectivity index (χ0) is 14.4. The van der Waals surface area contributed by atoms with Crippen LogP contribution in [0.25, 0.3) is 0 Å². The number of halogens is 1. The molecular formula is C14H16ClN3O2. The number of anilines is 1. The third-order valence-electron chi connectivity index (χ3n) is 2.64. The summed E-state index contributed by atoms with van der Waals surface area (Å²) in [6, 6.07) is 5.64. The Labute approximate surface area is 122 Å². The van der Waals surface area contributed by atoms with Crippen LogP contribution < -0.4 is 14.8 Å². The van der Waals surface area contributed by atoms with Gasteiger partial charge >= 0.3 is 0 Å². The van der Waals surface area contributed by atoms with E-state index in [4.69, 9.17) is 21.1 Å². The molecule has 0 aliphatic rings. The summed E-state index contributed by atoms with van der Waals surface area (Å²) in [5, 5.41) is 3.72. The summed E-state index contributed by atoms with van der Waals surface area (Å²) >= 11 is 6.13. The highest BCUT2D eigenvalue weighted by Crippen LogP contribution is 2.29. The Morgan fingerprint density at radius 1 is 1.25 bits per heavy atom. The third kappa shape index (κ3) is 3.51. The van der Waals surface area contributed by atoms with Gasteiger partial charge in [0.1, 0.15) is 5.75 Å². The minimum absolute atomic E-state index is 0.522. The molecule has 0 atom stereocenters. The van der Waals surface area contributed by atoms with Crippen molar-refractivity contribution in [2.45, 2.75) is 13.5 Å². The zero-order valence-corrected chi connectivity index (χ0v) is 12.1. The highest BCUT2D eigenvalue weighted by atomic mass is 35.5. The second kappa shape index (κ2) is 6.96. The first kappa shape index (κ1) is 14.4. The molecule has 20 heavy (non-hydrogen) atoms. The molecule has 6 heteroatoms. The van der Waals surface area contributed by atoms with Gasteiger partial charge in [-0.2, -0.15) is 0 Å². The van der Waals surface area contributed by atoms with Crippen molar-refractivity contribution in [2.75, 3.05) is 19.0 Å². The Hall–Kier alpha value is -2.01. The van der Waals surface area contributed by atoms with Crippen LogP contribution in [-0.4, -0.2) is 23.7 Å². The van der Waals surface area contributed by atoms with Crippen molar-refractivity contribution in [2.24, 2.45) is 0 Å². The van der Waals surface area contributed by atoms with Crippen molar-refractivity contribution in [1.82, 2.24) is 9.97 Å². The predicted octanol–water partition coefficient (Wildman–Crippen LogP) is 3.15. The normalized spacial score (nSPS) is 10.2. The lowest BCUT2D eigenvalue weighted by Gasteiger charge is -2.12. The summed E-state index contributed by atoms with van der Waals surface area (Å²) in [6.07, 6.45) is 3.22. The number of rotatable bonds is 6. The summed E-state index contributed by atoms with van der Waals surface area (Å²) in [5.41, 5.74) is 0.957. The maximum absolute atomic E-state index is 6.13. The molecule has 0 fully saturated rings. The van der Waals surface area contributed by atoms with E-state index in [1.165, 1.54) is 0 Å². The van der Waals surface area contributed by atoms with Gasteiger partial charge in [0.2, 0.25) is 5.95 Å². The Morgan fingerprint density at radius 3 is 2.65 bits per heavy atom. The molecule has 0 unspecified atom stereocenters. The molecule has 0 saturated heterocycles. The molecule has 2 aromatic rings. The van der Waals surface area contributed by atoms with Crippen molar-refractivity contribution >= 4 is 17.5 Å². The molecule has 1 aromatic carbocycles. The largest absolute Gasteiger partial charge is 0.494 e. The quantitative estimate of drug-likeness (QED) is 0.886. The van der Waals surface area contributed by atoms with E-state index in [1.807, 2.05) is 19.1 Å². The van der Waals surface area contributed by atoms with E-state index in [0.29, 0.717) is 35.6 Å². The zero-order valence-electron chi connectivity index (χ0n) is 11.4. The van der Waals surface area contributed by atoms with E-state index in [-0.39, 0.29) is 0 Å². The van der Waals surface area contributed by atoms with Gasteiger partial charge in [-0.1, -0.05) is 23.7 Å². The number of benzene rings is 1. The minimum atomic E-state index is 0.522. The smallest absolute Gasteiger partial charge is 0.223 e. The first-order chi connectivity index (χ1) is 9.74. The number of hydrogen-bond donors (Lipinski definition) is 1. The predicted molar refractivity (Wildman–Crippen MR) is 78.5 cm³/mol. The Kier molecular flexibility index (Phi) is 5.01. The van der Waals surface area contributed by atoms with Crippen LogP contribution in [0.2, 0.25) is 5.02 Å². The Balaban J connectivity index is 2.08. The van der Waals surface area contributed by atoms with Crippen molar-refractivity contribution in [3.63, 3.8) is 0 Å². The van der Waals surface area contributed by atoms with Crippen molar-refractivity contribution in [3.05, 3.63) is 41.2 Å². The molecule has 0 saturated carbocycles. The SMILES string of the molecule is CCOc1c(Cl)cccc1CNc1ncc(OC)cn1. The summed E-state index contributed by atoms with van der Waals surface area (Å²) in [6.45, 7) is 3.02. The molecule has 1 N–H and O–H groups in total. The molecule has 0 radical (unpaired) electrons. The standard InChI is InChI=1S/C14H16ClN3O2/c1-3-20-13-10(5-4-6-12(13)15)7-16-14-17-8-11(19-2)9-18-14/h4-6,8-9H,3,7H2,1-2H3,(H,16,17,18). The van der Waals surface area contributed by atoms with Crippen LogP contribution in [0.4, 0.5) is 5.95 Å². The molecule has 5 nitrogen and oxygen atoms in total. The second-order valence-electron chi connectivity index (χ2n) is 3.96. The van der Waals surface area contributed by atoms with Gasteiger partial charge in [-0.3, -0.25) is 0 Å². The molecule has 1 heterocycles. The number of hydrogen-bond acceptors (Lipinski definition) is 5. The number of nitrogens with zero attached hydrogens (tertiary/aromatic N) is 2. The summed E-state index contributed by atoms with van der Waals surface area (Å²) in [4.78, 5) is 8.28. The van der Waals surface area contributed by atoms with E-state index < -0.39 is 0 Å². The van der Waals surface area contributed by atoms with E-state index in [1.54, 1.807) is 25.6 Å². The topological polar surface area (TPSA) is 56.3 Å². The highest BCUT2D eigenvalue weighted by Gasteiger charge is 2.08. The van der Waals surface area contributed by atoms with Gasteiger partial charge in [-0.05, 0) is 13.0 Å². The second-order valence-corrected chi connectivity index (χ2v) is 4.37.